The van der Waals surface area contributed by atoms with E-state index < -0.39 is 0 Å². The fraction of sp³-hybridized carbons (Fsp3) is 0.143. The number of furan rings is 1. The smallest absolute Gasteiger partial charge is 0.272 e. The highest BCUT2D eigenvalue weighted by molar-refractivity contribution is 6.33. The molecule has 2 rings (SSSR count). The lowest BCUT2D eigenvalue weighted by Crippen LogP contribution is -2.17. The first-order valence-corrected chi connectivity index (χ1v) is 6.31. The SMILES string of the molecule is CN(C)c1ccc(/C=N\NC(=O)c2ccccc2Cl)o1. The third-order valence-electron chi connectivity index (χ3n) is 2.53. The molecule has 20 heavy (non-hydrogen) atoms. The van der Waals surface area contributed by atoms with Crippen LogP contribution < -0.4 is 10.3 Å². The number of carbonyl (C=O) groups is 1. The maximum atomic E-state index is 11.8. The van der Waals surface area contributed by atoms with Crippen LogP contribution in [-0.4, -0.2) is 26.2 Å². The monoisotopic (exact) mass is 291 g/mol. The highest BCUT2D eigenvalue weighted by Gasteiger charge is 2.08. The molecular weight excluding hydrogens is 278 g/mol. The van der Waals surface area contributed by atoms with Crippen molar-refractivity contribution in [2.45, 2.75) is 0 Å². The van der Waals surface area contributed by atoms with Crippen molar-refractivity contribution in [1.82, 2.24) is 5.43 Å². The molecule has 0 aliphatic heterocycles. The predicted molar refractivity (Wildman–Crippen MR) is 79.5 cm³/mol. The van der Waals surface area contributed by atoms with Crippen molar-refractivity contribution in [3.63, 3.8) is 0 Å². The molecule has 0 unspecified atom stereocenters. The number of nitrogens with zero attached hydrogens (tertiary/aromatic N) is 2. The summed E-state index contributed by atoms with van der Waals surface area (Å²) in [6, 6.07) is 10.4. The third-order valence-corrected chi connectivity index (χ3v) is 2.86. The van der Waals surface area contributed by atoms with Crippen LogP contribution in [0.25, 0.3) is 0 Å². The Morgan fingerprint density at radius 3 is 2.70 bits per heavy atom. The molecule has 2 aromatic rings. The predicted octanol–water partition coefficient (Wildman–Crippen LogP) is 2.76. The van der Waals surface area contributed by atoms with Crippen molar-refractivity contribution >= 4 is 29.6 Å². The molecular formula is C14H14ClN3O2. The molecule has 5 nitrogen and oxygen atoms in total. The van der Waals surface area contributed by atoms with Gasteiger partial charge in [-0.1, -0.05) is 23.7 Å². The van der Waals surface area contributed by atoms with E-state index in [2.05, 4.69) is 10.5 Å². The molecule has 1 N–H and O–H groups in total. The zero-order valence-corrected chi connectivity index (χ0v) is 11.9. The second-order valence-electron chi connectivity index (χ2n) is 4.25. The number of nitrogens with one attached hydrogen (secondary N) is 1. The minimum Gasteiger partial charge on any atom is -0.440 e. The van der Waals surface area contributed by atoms with Gasteiger partial charge in [-0.15, -0.1) is 0 Å². The van der Waals surface area contributed by atoms with E-state index in [0.717, 1.165) is 0 Å². The van der Waals surface area contributed by atoms with E-state index >= 15 is 0 Å². The molecule has 104 valence electrons. The second kappa shape index (κ2) is 6.25. The number of rotatable bonds is 4. The van der Waals surface area contributed by atoms with Gasteiger partial charge < -0.3 is 9.32 Å². The van der Waals surface area contributed by atoms with Gasteiger partial charge in [-0.3, -0.25) is 4.79 Å². The van der Waals surface area contributed by atoms with Crippen LogP contribution in [-0.2, 0) is 0 Å². The summed E-state index contributed by atoms with van der Waals surface area (Å²) in [5.41, 5.74) is 2.77. The minimum absolute atomic E-state index is 0.369. The van der Waals surface area contributed by atoms with Crippen molar-refractivity contribution in [3.8, 4) is 0 Å². The summed E-state index contributed by atoms with van der Waals surface area (Å²) in [5, 5.41) is 4.22. The Labute approximate surface area is 121 Å². The van der Waals surface area contributed by atoms with Crippen LogP contribution in [0.3, 0.4) is 0 Å². The standard InChI is InChI=1S/C14H14ClN3O2/c1-18(2)13-8-7-10(20-13)9-16-17-14(19)11-5-3-4-6-12(11)15/h3-9H,1-2H3,(H,17,19)/b16-9-. The van der Waals surface area contributed by atoms with Gasteiger partial charge >= 0.3 is 0 Å². The fourth-order valence-electron chi connectivity index (χ4n) is 1.51. The first kappa shape index (κ1) is 14.1. The van der Waals surface area contributed by atoms with E-state index in [0.29, 0.717) is 22.2 Å². The molecule has 0 aliphatic rings. The molecule has 1 aromatic heterocycles. The average Bonchev–Trinajstić information content (AvgIpc) is 2.88. The van der Waals surface area contributed by atoms with Crippen LogP contribution in [0.15, 0.2) is 45.9 Å². The topological polar surface area (TPSA) is 57.8 Å². The molecule has 1 heterocycles. The quantitative estimate of drug-likeness (QED) is 0.696. The zero-order valence-electron chi connectivity index (χ0n) is 11.1. The molecule has 0 saturated heterocycles. The summed E-state index contributed by atoms with van der Waals surface area (Å²) < 4.78 is 5.46. The van der Waals surface area contributed by atoms with Crippen molar-refractivity contribution in [2.75, 3.05) is 19.0 Å². The van der Waals surface area contributed by atoms with E-state index in [4.69, 9.17) is 16.0 Å². The normalized spacial score (nSPS) is 10.8. The number of hydrazone groups is 1. The molecule has 0 aliphatic carbocycles. The summed E-state index contributed by atoms with van der Waals surface area (Å²) in [7, 11) is 3.75. The van der Waals surface area contributed by atoms with Crippen molar-refractivity contribution < 1.29 is 9.21 Å². The Bertz CT molecular complexity index is 635. The van der Waals surface area contributed by atoms with Crippen LogP contribution in [0, 0.1) is 0 Å². The minimum atomic E-state index is -0.369. The van der Waals surface area contributed by atoms with Gasteiger partial charge in [0.15, 0.2) is 5.88 Å². The maximum absolute atomic E-state index is 11.8. The van der Waals surface area contributed by atoms with Crippen LogP contribution in [0.1, 0.15) is 16.1 Å². The number of carbonyl (C=O) groups excluding carboxylic acids is 1. The highest BCUT2D eigenvalue weighted by atomic mass is 35.5. The van der Waals surface area contributed by atoms with Gasteiger partial charge in [0.1, 0.15) is 5.76 Å². The van der Waals surface area contributed by atoms with Gasteiger partial charge in [0.05, 0.1) is 16.8 Å². The Kier molecular flexibility index (Phi) is 4.42. The van der Waals surface area contributed by atoms with E-state index in [9.17, 15) is 4.79 Å². The summed E-state index contributed by atoms with van der Waals surface area (Å²) >= 11 is 5.92. The van der Waals surface area contributed by atoms with Crippen molar-refractivity contribution in [1.29, 1.82) is 0 Å². The summed E-state index contributed by atoms with van der Waals surface area (Å²) in [4.78, 5) is 13.7. The number of hydrogen-bond donors (Lipinski definition) is 1. The number of hydrogen-bond acceptors (Lipinski definition) is 4. The number of anilines is 1. The molecule has 0 fully saturated rings. The Balaban J connectivity index is 1.99. The molecule has 1 aromatic carbocycles. The van der Waals surface area contributed by atoms with Crippen molar-refractivity contribution in [3.05, 3.63) is 52.7 Å². The zero-order chi connectivity index (χ0) is 14.5. The number of benzene rings is 1. The lowest BCUT2D eigenvalue weighted by atomic mass is 10.2. The number of halogens is 1. The second-order valence-corrected chi connectivity index (χ2v) is 4.66. The Morgan fingerprint density at radius 1 is 1.30 bits per heavy atom. The van der Waals surface area contributed by atoms with Gasteiger partial charge in [0.2, 0.25) is 0 Å². The van der Waals surface area contributed by atoms with Crippen molar-refractivity contribution in [2.24, 2.45) is 5.10 Å². The lowest BCUT2D eigenvalue weighted by Gasteiger charge is -2.05. The van der Waals surface area contributed by atoms with Crippen LogP contribution in [0.5, 0.6) is 0 Å². The fourth-order valence-corrected chi connectivity index (χ4v) is 1.73. The van der Waals surface area contributed by atoms with Gasteiger partial charge in [-0.2, -0.15) is 5.10 Å². The largest absolute Gasteiger partial charge is 0.440 e. The third kappa shape index (κ3) is 3.39. The lowest BCUT2D eigenvalue weighted by molar-refractivity contribution is 0.0955. The molecule has 0 saturated carbocycles. The molecule has 6 heteroatoms. The van der Waals surface area contributed by atoms with E-state index in [-0.39, 0.29) is 5.91 Å². The summed E-state index contributed by atoms with van der Waals surface area (Å²) in [6.45, 7) is 0. The molecule has 0 spiro atoms. The molecule has 0 bridgehead atoms. The molecule has 1 amide bonds. The summed E-state index contributed by atoms with van der Waals surface area (Å²) in [6.07, 6.45) is 1.43. The van der Waals surface area contributed by atoms with Gasteiger partial charge in [0, 0.05) is 20.2 Å². The van der Waals surface area contributed by atoms with E-state index in [1.165, 1.54) is 6.21 Å². The van der Waals surface area contributed by atoms with Gasteiger partial charge in [-0.25, -0.2) is 5.43 Å². The maximum Gasteiger partial charge on any atom is 0.272 e. The van der Waals surface area contributed by atoms with Crippen LogP contribution in [0.2, 0.25) is 5.02 Å². The Hall–Kier alpha value is -2.27. The first-order chi connectivity index (χ1) is 9.58. The Morgan fingerprint density at radius 2 is 2.05 bits per heavy atom. The summed E-state index contributed by atoms with van der Waals surface area (Å²) in [5.74, 6) is 0.892. The van der Waals surface area contributed by atoms with Crippen LogP contribution in [0.4, 0.5) is 5.88 Å². The van der Waals surface area contributed by atoms with Gasteiger partial charge in [0.25, 0.3) is 5.91 Å². The first-order valence-electron chi connectivity index (χ1n) is 5.93. The van der Waals surface area contributed by atoms with E-state index in [1.54, 1.807) is 30.3 Å². The van der Waals surface area contributed by atoms with Gasteiger partial charge in [-0.05, 0) is 18.2 Å². The number of amides is 1. The molecule has 0 atom stereocenters. The molecule has 0 radical (unpaired) electrons. The van der Waals surface area contributed by atoms with Crippen LogP contribution >= 0.6 is 11.6 Å². The highest BCUT2D eigenvalue weighted by Crippen LogP contribution is 2.15. The van der Waals surface area contributed by atoms with E-state index in [1.807, 2.05) is 25.1 Å². The average molecular weight is 292 g/mol.